The Morgan fingerprint density at radius 2 is 1.88 bits per heavy atom. The lowest BCUT2D eigenvalue weighted by Gasteiger charge is -2.33. The summed E-state index contributed by atoms with van der Waals surface area (Å²) in [6, 6.07) is 10.7. The zero-order valence-electron chi connectivity index (χ0n) is 15.0. The maximum atomic E-state index is 12.9. The summed E-state index contributed by atoms with van der Waals surface area (Å²) in [5.41, 5.74) is 2.34. The van der Waals surface area contributed by atoms with Crippen LogP contribution in [0, 0.1) is 0 Å². The first-order valence-corrected chi connectivity index (χ1v) is 9.26. The van der Waals surface area contributed by atoms with Crippen molar-refractivity contribution in [3.05, 3.63) is 48.3 Å². The third-order valence-corrected chi connectivity index (χ3v) is 5.18. The molecule has 2 aromatic rings. The lowest BCUT2D eigenvalue weighted by molar-refractivity contribution is -0.120. The minimum absolute atomic E-state index is 0.121. The van der Waals surface area contributed by atoms with Gasteiger partial charge >= 0.3 is 6.01 Å². The van der Waals surface area contributed by atoms with Crippen LogP contribution in [0.2, 0.25) is 0 Å². The van der Waals surface area contributed by atoms with Crippen LogP contribution in [0.4, 0.5) is 5.69 Å². The van der Waals surface area contributed by atoms with Gasteiger partial charge in [-0.25, -0.2) is 9.97 Å². The monoisotopic (exact) mass is 352 g/mol. The van der Waals surface area contributed by atoms with Crippen LogP contribution in [0.3, 0.4) is 0 Å². The van der Waals surface area contributed by atoms with E-state index in [2.05, 4.69) is 33.9 Å². The molecular formula is C20H24N4O2. The molecule has 1 aromatic heterocycles. The minimum atomic E-state index is 0.121. The molecule has 3 heterocycles. The lowest BCUT2D eigenvalue weighted by atomic mass is 10.1. The maximum absolute atomic E-state index is 12.9. The number of nitrogens with zero attached hydrogens (tertiary/aromatic N) is 4. The van der Waals surface area contributed by atoms with Gasteiger partial charge in [-0.15, -0.1) is 0 Å². The summed E-state index contributed by atoms with van der Waals surface area (Å²) in [7, 11) is 0. The summed E-state index contributed by atoms with van der Waals surface area (Å²) in [4.78, 5) is 25.3. The van der Waals surface area contributed by atoms with E-state index in [1.54, 1.807) is 18.5 Å². The van der Waals surface area contributed by atoms with Gasteiger partial charge in [0.2, 0.25) is 5.91 Å². The second kappa shape index (κ2) is 7.41. The van der Waals surface area contributed by atoms with E-state index in [9.17, 15) is 4.79 Å². The van der Waals surface area contributed by atoms with E-state index in [-0.39, 0.29) is 18.1 Å². The van der Waals surface area contributed by atoms with Crippen molar-refractivity contribution in [2.24, 2.45) is 0 Å². The van der Waals surface area contributed by atoms with Crippen LogP contribution in [0.1, 0.15) is 25.3 Å². The summed E-state index contributed by atoms with van der Waals surface area (Å²) in [5, 5.41) is 0. The number of likely N-dealkylation sites (tertiary alicyclic amines) is 1. The van der Waals surface area contributed by atoms with Gasteiger partial charge in [0, 0.05) is 37.2 Å². The molecule has 4 rings (SSSR count). The summed E-state index contributed by atoms with van der Waals surface area (Å²) >= 11 is 0. The van der Waals surface area contributed by atoms with Gasteiger partial charge in [0.1, 0.15) is 6.10 Å². The Bertz CT molecular complexity index is 759. The van der Waals surface area contributed by atoms with Crippen molar-refractivity contribution >= 4 is 11.6 Å². The van der Waals surface area contributed by atoms with Crippen molar-refractivity contribution in [1.29, 1.82) is 0 Å². The minimum Gasteiger partial charge on any atom is -0.460 e. The van der Waals surface area contributed by atoms with Gasteiger partial charge in [-0.1, -0.05) is 18.2 Å². The highest BCUT2D eigenvalue weighted by Gasteiger charge is 2.32. The fourth-order valence-corrected chi connectivity index (χ4v) is 3.89. The molecule has 1 fully saturated rings. The molecule has 1 amide bonds. The molecule has 0 N–H and O–H groups in total. The molecule has 1 aromatic carbocycles. The fraction of sp³-hybridized carbons (Fsp3) is 0.450. The Balaban J connectivity index is 1.31. The van der Waals surface area contributed by atoms with Gasteiger partial charge in [-0.2, -0.15) is 0 Å². The number of benzene rings is 1. The number of piperidine rings is 1. The molecule has 0 saturated carbocycles. The largest absolute Gasteiger partial charge is 0.460 e. The smallest absolute Gasteiger partial charge is 0.316 e. The summed E-state index contributed by atoms with van der Waals surface area (Å²) < 4.78 is 5.83. The predicted octanol–water partition coefficient (Wildman–Crippen LogP) is 2.30. The number of ether oxygens (including phenoxy) is 1. The standard InChI is InChI=1S/C20H24N4O2/c1-15-13-16-5-2-3-6-18(16)24(15)19(25)14-23-11-7-17(8-12-23)26-20-21-9-4-10-22-20/h2-6,9-10,15,17H,7-8,11-14H2,1H3/t15-/m1/s1. The molecule has 6 heteroatoms. The number of rotatable bonds is 4. The molecule has 26 heavy (non-hydrogen) atoms. The van der Waals surface area contributed by atoms with Crippen LogP contribution in [0.15, 0.2) is 42.7 Å². The topological polar surface area (TPSA) is 58.6 Å². The van der Waals surface area contributed by atoms with Gasteiger partial charge in [-0.05, 0) is 43.9 Å². The highest BCUT2D eigenvalue weighted by atomic mass is 16.5. The highest BCUT2D eigenvalue weighted by Crippen LogP contribution is 2.32. The molecule has 2 aliphatic heterocycles. The second-order valence-electron chi connectivity index (χ2n) is 7.07. The molecule has 1 saturated heterocycles. The Labute approximate surface area is 153 Å². The maximum Gasteiger partial charge on any atom is 0.316 e. The van der Waals surface area contributed by atoms with E-state index in [0.717, 1.165) is 38.0 Å². The lowest BCUT2D eigenvalue weighted by Crippen LogP contribution is -2.46. The number of anilines is 1. The van der Waals surface area contributed by atoms with E-state index >= 15 is 0 Å². The van der Waals surface area contributed by atoms with Crippen LogP contribution in [0.5, 0.6) is 6.01 Å². The SMILES string of the molecule is C[C@@H]1Cc2ccccc2N1C(=O)CN1CCC(Oc2ncccn2)CC1. The molecule has 0 radical (unpaired) electrons. The predicted molar refractivity (Wildman–Crippen MR) is 99.2 cm³/mol. The van der Waals surface area contributed by atoms with Gasteiger partial charge in [0.15, 0.2) is 0 Å². The number of para-hydroxylation sites is 1. The molecule has 0 bridgehead atoms. The van der Waals surface area contributed by atoms with E-state index in [1.807, 2.05) is 17.0 Å². The normalized spacial score (nSPS) is 20.8. The number of carbonyl (C=O) groups is 1. The molecule has 1 atom stereocenters. The molecule has 136 valence electrons. The van der Waals surface area contributed by atoms with E-state index in [0.29, 0.717) is 12.6 Å². The van der Waals surface area contributed by atoms with Crippen molar-refractivity contribution in [2.45, 2.75) is 38.3 Å². The van der Waals surface area contributed by atoms with Crippen molar-refractivity contribution in [3.63, 3.8) is 0 Å². The van der Waals surface area contributed by atoms with E-state index < -0.39 is 0 Å². The summed E-state index contributed by atoms with van der Waals surface area (Å²) in [6.07, 6.45) is 6.20. The van der Waals surface area contributed by atoms with Crippen LogP contribution in [0.25, 0.3) is 0 Å². The molecule has 2 aliphatic rings. The van der Waals surface area contributed by atoms with Crippen molar-refractivity contribution < 1.29 is 9.53 Å². The summed E-state index contributed by atoms with van der Waals surface area (Å²) in [6.45, 7) is 4.30. The number of fused-ring (bicyclic) bond motifs is 1. The number of hydrogen-bond acceptors (Lipinski definition) is 5. The average Bonchev–Trinajstić information content (AvgIpc) is 3.00. The zero-order valence-corrected chi connectivity index (χ0v) is 15.0. The van der Waals surface area contributed by atoms with Crippen molar-refractivity contribution in [3.8, 4) is 6.01 Å². The summed E-state index contributed by atoms with van der Waals surface area (Å²) in [5.74, 6) is 0.188. The van der Waals surface area contributed by atoms with Crippen LogP contribution >= 0.6 is 0 Å². The zero-order chi connectivity index (χ0) is 17.9. The van der Waals surface area contributed by atoms with Gasteiger partial charge in [0.25, 0.3) is 0 Å². The van der Waals surface area contributed by atoms with Crippen molar-refractivity contribution in [2.75, 3.05) is 24.5 Å². The molecular weight excluding hydrogens is 328 g/mol. The Hall–Kier alpha value is -2.47. The van der Waals surface area contributed by atoms with E-state index in [4.69, 9.17) is 4.74 Å². The average molecular weight is 352 g/mol. The second-order valence-corrected chi connectivity index (χ2v) is 7.07. The first-order valence-electron chi connectivity index (χ1n) is 9.26. The fourth-order valence-electron chi connectivity index (χ4n) is 3.89. The quantitative estimate of drug-likeness (QED) is 0.845. The molecule has 0 aliphatic carbocycles. The van der Waals surface area contributed by atoms with Crippen molar-refractivity contribution in [1.82, 2.24) is 14.9 Å². The molecule has 6 nitrogen and oxygen atoms in total. The van der Waals surface area contributed by atoms with Gasteiger partial charge in [-0.3, -0.25) is 9.69 Å². The van der Waals surface area contributed by atoms with Crippen LogP contribution < -0.4 is 9.64 Å². The number of hydrogen-bond donors (Lipinski definition) is 0. The molecule has 0 spiro atoms. The Morgan fingerprint density at radius 1 is 1.15 bits per heavy atom. The Morgan fingerprint density at radius 3 is 2.65 bits per heavy atom. The number of amides is 1. The number of aromatic nitrogens is 2. The van der Waals surface area contributed by atoms with E-state index in [1.165, 1.54) is 5.56 Å². The molecule has 0 unspecified atom stereocenters. The Kier molecular flexibility index (Phi) is 4.84. The first kappa shape index (κ1) is 17.0. The van der Waals surface area contributed by atoms with Gasteiger partial charge < -0.3 is 9.64 Å². The third-order valence-electron chi connectivity index (χ3n) is 5.18. The van der Waals surface area contributed by atoms with Crippen LogP contribution in [-0.4, -0.2) is 52.6 Å². The third kappa shape index (κ3) is 3.55. The highest BCUT2D eigenvalue weighted by molar-refractivity contribution is 5.97. The number of carbonyl (C=O) groups excluding carboxylic acids is 1. The van der Waals surface area contributed by atoms with Crippen LogP contribution in [-0.2, 0) is 11.2 Å². The first-order chi connectivity index (χ1) is 12.7. The van der Waals surface area contributed by atoms with Gasteiger partial charge in [0.05, 0.1) is 6.54 Å².